The number of rotatable bonds is 10. The van der Waals surface area contributed by atoms with E-state index in [1.165, 1.54) is 0 Å². The van der Waals surface area contributed by atoms with E-state index in [2.05, 4.69) is 0 Å². The Balaban J connectivity index is 2.00. The van der Waals surface area contributed by atoms with Crippen molar-refractivity contribution in [3.63, 3.8) is 0 Å². The molecule has 0 saturated carbocycles. The van der Waals surface area contributed by atoms with E-state index < -0.39 is 0 Å². The van der Waals surface area contributed by atoms with Gasteiger partial charge in [0.05, 0.1) is 19.8 Å². The summed E-state index contributed by atoms with van der Waals surface area (Å²) in [5.74, 6) is 0.876. The van der Waals surface area contributed by atoms with Gasteiger partial charge in [0, 0.05) is 26.2 Å². The summed E-state index contributed by atoms with van der Waals surface area (Å²) in [6.07, 6.45) is 0.880. The van der Waals surface area contributed by atoms with E-state index in [9.17, 15) is 0 Å². The molecule has 4 nitrogen and oxygen atoms in total. The Hall–Kier alpha value is -1.10. The lowest BCUT2D eigenvalue weighted by Crippen LogP contribution is -2.07. The molecular formula is C14H23NO3. The molecule has 0 bridgehead atoms. The second-order valence-electron chi connectivity index (χ2n) is 3.86. The van der Waals surface area contributed by atoms with E-state index in [-0.39, 0.29) is 0 Å². The van der Waals surface area contributed by atoms with Crippen LogP contribution in [-0.4, -0.2) is 33.0 Å². The lowest BCUT2D eigenvalue weighted by atomic mass is 10.2. The molecule has 0 atom stereocenters. The Labute approximate surface area is 109 Å². The third kappa shape index (κ3) is 6.59. The van der Waals surface area contributed by atoms with E-state index in [0.717, 1.165) is 24.3 Å². The summed E-state index contributed by atoms with van der Waals surface area (Å²) in [7, 11) is 0. The summed E-state index contributed by atoms with van der Waals surface area (Å²) < 4.78 is 16.1. The average molecular weight is 253 g/mol. The molecule has 1 aromatic carbocycles. The van der Waals surface area contributed by atoms with Crippen LogP contribution in [-0.2, 0) is 16.0 Å². The fourth-order valence-electron chi connectivity index (χ4n) is 1.44. The SMILES string of the molecule is CCOCCOCCCOc1ccc(CN)cc1. The maximum absolute atomic E-state index is 5.58. The molecule has 0 amide bonds. The highest BCUT2D eigenvalue weighted by Gasteiger charge is 1.95. The molecule has 0 aliphatic heterocycles. The van der Waals surface area contributed by atoms with Crippen molar-refractivity contribution in [2.24, 2.45) is 5.73 Å². The minimum absolute atomic E-state index is 0.563. The first kappa shape index (κ1) is 15.0. The molecule has 0 aliphatic rings. The lowest BCUT2D eigenvalue weighted by molar-refractivity contribution is 0.0482. The van der Waals surface area contributed by atoms with E-state index in [0.29, 0.717) is 33.0 Å². The maximum atomic E-state index is 5.58. The van der Waals surface area contributed by atoms with Crippen LogP contribution in [0.25, 0.3) is 0 Å². The van der Waals surface area contributed by atoms with Crippen molar-refractivity contribution in [1.82, 2.24) is 0 Å². The van der Waals surface area contributed by atoms with Gasteiger partial charge >= 0.3 is 0 Å². The van der Waals surface area contributed by atoms with Crippen molar-refractivity contribution in [3.05, 3.63) is 29.8 Å². The van der Waals surface area contributed by atoms with Crippen LogP contribution < -0.4 is 10.5 Å². The van der Waals surface area contributed by atoms with Crippen molar-refractivity contribution in [2.45, 2.75) is 19.9 Å². The average Bonchev–Trinajstić information content (AvgIpc) is 2.42. The molecule has 0 fully saturated rings. The summed E-state index contributed by atoms with van der Waals surface area (Å²) in [6.45, 7) is 5.96. The second-order valence-corrected chi connectivity index (χ2v) is 3.86. The van der Waals surface area contributed by atoms with Crippen LogP contribution in [0.15, 0.2) is 24.3 Å². The van der Waals surface area contributed by atoms with Crippen LogP contribution in [0.5, 0.6) is 5.75 Å². The van der Waals surface area contributed by atoms with Gasteiger partial charge in [0.15, 0.2) is 0 Å². The Morgan fingerprint density at radius 2 is 1.67 bits per heavy atom. The van der Waals surface area contributed by atoms with Crippen LogP contribution in [0.2, 0.25) is 0 Å². The molecule has 0 aromatic heterocycles. The Morgan fingerprint density at radius 1 is 0.944 bits per heavy atom. The van der Waals surface area contributed by atoms with Gasteiger partial charge in [0.1, 0.15) is 5.75 Å². The summed E-state index contributed by atoms with van der Waals surface area (Å²) in [4.78, 5) is 0. The fraction of sp³-hybridized carbons (Fsp3) is 0.571. The second kappa shape index (κ2) is 9.88. The van der Waals surface area contributed by atoms with E-state index in [4.69, 9.17) is 19.9 Å². The molecule has 2 N–H and O–H groups in total. The molecule has 1 rings (SSSR count). The minimum atomic E-state index is 0.563. The van der Waals surface area contributed by atoms with Crippen LogP contribution in [0.1, 0.15) is 18.9 Å². The molecule has 0 spiro atoms. The molecular weight excluding hydrogens is 230 g/mol. The molecule has 1 aromatic rings. The van der Waals surface area contributed by atoms with Gasteiger partial charge in [-0.1, -0.05) is 12.1 Å². The smallest absolute Gasteiger partial charge is 0.119 e. The summed E-state index contributed by atoms with van der Waals surface area (Å²) in [5.41, 5.74) is 6.63. The number of hydrogen-bond donors (Lipinski definition) is 1. The molecule has 0 heterocycles. The van der Waals surface area contributed by atoms with Gasteiger partial charge in [0.2, 0.25) is 0 Å². The molecule has 0 radical (unpaired) electrons. The van der Waals surface area contributed by atoms with Gasteiger partial charge in [-0.05, 0) is 24.6 Å². The van der Waals surface area contributed by atoms with E-state index >= 15 is 0 Å². The number of benzene rings is 1. The van der Waals surface area contributed by atoms with Crippen LogP contribution in [0, 0.1) is 0 Å². The zero-order valence-electron chi connectivity index (χ0n) is 11.1. The first-order chi connectivity index (χ1) is 8.86. The standard InChI is InChI=1S/C14H23NO3/c1-2-16-10-11-17-8-3-9-18-14-6-4-13(12-15)5-7-14/h4-7H,2-3,8-12,15H2,1H3. The number of nitrogens with two attached hydrogens (primary N) is 1. The monoisotopic (exact) mass is 253 g/mol. The third-order valence-electron chi connectivity index (χ3n) is 2.44. The zero-order chi connectivity index (χ0) is 13.1. The zero-order valence-corrected chi connectivity index (χ0v) is 11.1. The predicted molar refractivity (Wildman–Crippen MR) is 71.8 cm³/mol. The molecule has 102 valence electrons. The Kier molecular flexibility index (Phi) is 8.21. The Morgan fingerprint density at radius 3 is 2.33 bits per heavy atom. The van der Waals surface area contributed by atoms with E-state index in [1.807, 2.05) is 31.2 Å². The Bertz CT molecular complexity index is 300. The summed E-state index contributed by atoms with van der Waals surface area (Å²) in [6, 6.07) is 7.85. The van der Waals surface area contributed by atoms with Gasteiger partial charge in [-0.25, -0.2) is 0 Å². The summed E-state index contributed by atoms with van der Waals surface area (Å²) >= 11 is 0. The highest BCUT2D eigenvalue weighted by Crippen LogP contribution is 2.11. The minimum Gasteiger partial charge on any atom is -0.494 e. The first-order valence-corrected chi connectivity index (χ1v) is 6.44. The molecule has 0 saturated heterocycles. The van der Waals surface area contributed by atoms with Crippen molar-refractivity contribution in [2.75, 3.05) is 33.0 Å². The van der Waals surface area contributed by atoms with Gasteiger partial charge in [0.25, 0.3) is 0 Å². The molecule has 18 heavy (non-hydrogen) atoms. The third-order valence-corrected chi connectivity index (χ3v) is 2.44. The molecule has 4 heteroatoms. The van der Waals surface area contributed by atoms with Crippen molar-refractivity contribution < 1.29 is 14.2 Å². The predicted octanol–water partition coefficient (Wildman–Crippen LogP) is 1.97. The number of ether oxygens (including phenoxy) is 3. The first-order valence-electron chi connectivity index (χ1n) is 6.44. The quantitative estimate of drug-likeness (QED) is 0.648. The van der Waals surface area contributed by atoms with Crippen LogP contribution >= 0.6 is 0 Å². The fourth-order valence-corrected chi connectivity index (χ4v) is 1.44. The highest BCUT2D eigenvalue weighted by atomic mass is 16.5. The van der Waals surface area contributed by atoms with Crippen LogP contribution in [0.3, 0.4) is 0 Å². The summed E-state index contributed by atoms with van der Waals surface area (Å²) in [5, 5.41) is 0. The van der Waals surface area contributed by atoms with Crippen molar-refractivity contribution in [1.29, 1.82) is 0 Å². The van der Waals surface area contributed by atoms with Crippen molar-refractivity contribution in [3.8, 4) is 5.75 Å². The lowest BCUT2D eigenvalue weighted by Gasteiger charge is -2.07. The highest BCUT2D eigenvalue weighted by molar-refractivity contribution is 5.26. The number of hydrogen-bond acceptors (Lipinski definition) is 4. The van der Waals surface area contributed by atoms with Crippen molar-refractivity contribution >= 4 is 0 Å². The molecule has 0 unspecified atom stereocenters. The largest absolute Gasteiger partial charge is 0.494 e. The van der Waals surface area contributed by atoms with E-state index in [1.54, 1.807) is 0 Å². The molecule has 0 aliphatic carbocycles. The van der Waals surface area contributed by atoms with Gasteiger partial charge in [-0.2, -0.15) is 0 Å². The normalized spacial score (nSPS) is 10.6. The van der Waals surface area contributed by atoms with Gasteiger partial charge < -0.3 is 19.9 Å². The topological polar surface area (TPSA) is 53.7 Å². The van der Waals surface area contributed by atoms with Gasteiger partial charge in [-0.3, -0.25) is 0 Å². The maximum Gasteiger partial charge on any atom is 0.119 e. The van der Waals surface area contributed by atoms with Gasteiger partial charge in [-0.15, -0.1) is 0 Å². The van der Waals surface area contributed by atoms with Crippen LogP contribution in [0.4, 0.5) is 0 Å².